The molecule has 1 rings (SSSR count). The maximum atomic E-state index is 5.97. The predicted molar refractivity (Wildman–Crippen MR) is 66.6 cm³/mol. The van der Waals surface area contributed by atoms with Crippen molar-refractivity contribution in [3.05, 3.63) is 22.7 Å². The SMILES string of the molecule is COc1c(C)cc(Cl)cc1NCCCCl. The summed E-state index contributed by atoms with van der Waals surface area (Å²) in [5.74, 6) is 1.49. The van der Waals surface area contributed by atoms with Gasteiger partial charge in [0.1, 0.15) is 5.75 Å². The molecule has 15 heavy (non-hydrogen) atoms. The molecule has 0 atom stereocenters. The van der Waals surface area contributed by atoms with Crippen molar-refractivity contribution in [2.24, 2.45) is 0 Å². The minimum Gasteiger partial charge on any atom is -0.494 e. The molecule has 1 N–H and O–H groups in total. The van der Waals surface area contributed by atoms with Gasteiger partial charge in [0, 0.05) is 17.4 Å². The lowest BCUT2D eigenvalue weighted by Crippen LogP contribution is -2.04. The number of rotatable bonds is 5. The van der Waals surface area contributed by atoms with Gasteiger partial charge < -0.3 is 10.1 Å². The summed E-state index contributed by atoms with van der Waals surface area (Å²) in [7, 11) is 1.66. The summed E-state index contributed by atoms with van der Waals surface area (Å²) in [6.45, 7) is 2.79. The average molecular weight is 248 g/mol. The lowest BCUT2D eigenvalue weighted by molar-refractivity contribution is 0.413. The summed E-state index contributed by atoms with van der Waals surface area (Å²) in [6, 6.07) is 3.74. The number of alkyl halides is 1. The number of benzene rings is 1. The quantitative estimate of drug-likeness (QED) is 0.633. The van der Waals surface area contributed by atoms with E-state index in [9.17, 15) is 0 Å². The summed E-state index contributed by atoms with van der Waals surface area (Å²) < 4.78 is 5.31. The second-order valence-corrected chi connectivity index (χ2v) is 4.09. The molecular weight excluding hydrogens is 233 g/mol. The van der Waals surface area contributed by atoms with E-state index in [2.05, 4.69) is 5.32 Å². The molecule has 0 aromatic heterocycles. The zero-order valence-electron chi connectivity index (χ0n) is 8.94. The lowest BCUT2D eigenvalue weighted by atomic mass is 10.2. The molecule has 0 aliphatic heterocycles. The smallest absolute Gasteiger partial charge is 0.144 e. The van der Waals surface area contributed by atoms with Gasteiger partial charge in [0.2, 0.25) is 0 Å². The van der Waals surface area contributed by atoms with Gasteiger partial charge in [-0.2, -0.15) is 0 Å². The zero-order chi connectivity index (χ0) is 11.3. The number of hydrogen-bond acceptors (Lipinski definition) is 2. The van der Waals surface area contributed by atoms with E-state index >= 15 is 0 Å². The van der Waals surface area contributed by atoms with Crippen LogP contribution in [0.15, 0.2) is 12.1 Å². The molecule has 1 aromatic rings. The standard InChI is InChI=1S/C11H15Cl2NO/c1-8-6-9(13)7-10(11(8)15-2)14-5-3-4-12/h6-7,14H,3-5H2,1-2H3. The van der Waals surface area contributed by atoms with Crippen LogP contribution in [0, 0.1) is 6.92 Å². The molecule has 0 amide bonds. The third kappa shape index (κ3) is 3.47. The Balaban J connectivity index is 2.84. The molecule has 0 aliphatic rings. The van der Waals surface area contributed by atoms with Crippen LogP contribution in [0.5, 0.6) is 5.75 Å². The van der Waals surface area contributed by atoms with Crippen LogP contribution in [0.25, 0.3) is 0 Å². The Hall–Kier alpha value is -0.600. The maximum absolute atomic E-state index is 5.97. The summed E-state index contributed by atoms with van der Waals surface area (Å²) in [5.41, 5.74) is 1.95. The van der Waals surface area contributed by atoms with E-state index in [0.29, 0.717) is 10.9 Å². The van der Waals surface area contributed by atoms with E-state index < -0.39 is 0 Å². The van der Waals surface area contributed by atoms with Crippen LogP contribution >= 0.6 is 23.2 Å². The summed E-state index contributed by atoms with van der Waals surface area (Å²) in [6.07, 6.45) is 0.913. The molecule has 2 nitrogen and oxygen atoms in total. The van der Waals surface area contributed by atoms with Gasteiger partial charge in [-0.05, 0) is 31.0 Å². The van der Waals surface area contributed by atoms with Crippen molar-refractivity contribution < 1.29 is 4.74 Å². The van der Waals surface area contributed by atoms with E-state index in [4.69, 9.17) is 27.9 Å². The van der Waals surface area contributed by atoms with E-state index in [0.717, 1.165) is 30.0 Å². The Labute approximate surface area is 101 Å². The molecule has 4 heteroatoms. The number of aryl methyl sites for hydroxylation is 1. The Morgan fingerprint density at radius 2 is 2.13 bits per heavy atom. The van der Waals surface area contributed by atoms with Crippen molar-refractivity contribution >= 4 is 28.9 Å². The number of anilines is 1. The largest absolute Gasteiger partial charge is 0.494 e. The van der Waals surface area contributed by atoms with Gasteiger partial charge in [0.25, 0.3) is 0 Å². The van der Waals surface area contributed by atoms with E-state index in [1.807, 2.05) is 19.1 Å². The van der Waals surface area contributed by atoms with E-state index in [1.165, 1.54) is 0 Å². The molecule has 0 saturated carbocycles. The summed E-state index contributed by atoms with van der Waals surface area (Å²) in [5, 5.41) is 3.96. The van der Waals surface area contributed by atoms with Gasteiger partial charge in [-0.3, -0.25) is 0 Å². The first kappa shape index (κ1) is 12.5. The van der Waals surface area contributed by atoms with Crippen LogP contribution in [0.2, 0.25) is 5.02 Å². The summed E-state index contributed by atoms with van der Waals surface area (Å²) >= 11 is 11.6. The van der Waals surface area contributed by atoms with E-state index in [1.54, 1.807) is 7.11 Å². The monoisotopic (exact) mass is 247 g/mol. The zero-order valence-corrected chi connectivity index (χ0v) is 10.5. The van der Waals surface area contributed by atoms with E-state index in [-0.39, 0.29) is 0 Å². The highest BCUT2D eigenvalue weighted by molar-refractivity contribution is 6.31. The topological polar surface area (TPSA) is 21.3 Å². The number of nitrogens with one attached hydrogen (secondary N) is 1. The Morgan fingerprint density at radius 3 is 2.73 bits per heavy atom. The molecular formula is C11H15Cl2NO. The number of halogens is 2. The van der Waals surface area contributed by atoms with Crippen LogP contribution < -0.4 is 10.1 Å². The third-order valence-electron chi connectivity index (χ3n) is 2.07. The first-order valence-electron chi connectivity index (χ1n) is 4.83. The molecule has 0 heterocycles. The number of ether oxygens (including phenoxy) is 1. The van der Waals surface area contributed by atoms with Crippen molar-refractivity contribution in [3.63, 3.8) is 0 Å². The van der Waals surface area contributed by atoms with Crippen molar-refractivity contribution in [1.82, 2.24) is 0 Å². The molecule has 1 aromatic carbocycles. The van der Waals surface area contributed by atoms with Gasteiger partial charge in [0.05, 0.1) is 12.8 Å². The van der Waals surface area contributed by atoms with Crippen molar-refractivity contribution in [3.8, 4) is 5.75 Å². The third-order valence-corrected chi connectivity index (χ3v) is 2.55. The summed E-state index contributed by atoms with van der Waals surface area (Å²) in [4.78, 5) is 0. The first-order chi connectivity index (χ1) is 7.19. The van der Waals surface area contributed by atoms with Crippen molar-refractivity contribution in [1.29, 1.82) is 0 Å². The lowest BCUT2D eigenvalue weighted by Gasteiger charge is -2.13. The Kier molecular flexibility index (Phi) is 5.06. The van der Waals surface area contributed by atoms with Crippen LogP contribution in [0.4, 0.5) is 5.69 Å². The highest BCUT2D eigenvalue weighted by Gasteiger charge is 2.07. The molecule has 0 aliphatic carbocycles. The fraction of sp³-hybridized carbons (Fsp3) is 0.455. The minimum atomic E-state index is 0.648. The number of methoxy groups -OCH3 is 1. The van der Waals surface area contributed by atoms with Crippen LogP contribution in [-0.2, 0) is 0 Å². The molecule has 84 valence electrons. The fourth-order valence-corrected chi connectivity index (χ4v) is 1.83. The van der Waals surface area contributed by atoms with Gasteiger partial charge in [0.15, 0.2) is 0 Å². The molecule has 0 spiro atoms. The maximum Gasteiger partial charge on any atom is 0.144 e. The normalized spacial score (nSPS) is 10.1. The van der Waals surface area contributed by atoms with Gasteiger partial charge in [-0.25, -0.2) is 0 Å². The fourth-order valence-electron chi connectivity index (χ4n) is 1.42. The minimum absolute atomic E-state index is 0.648. The van der Waals surface area contributed by atoms with Crippen LogP contribution in [0.3, 0.4) is 0 Å². The molecule has 0 fully saturated rings. The Morgan fingerprint density at radius 1 is 1.40 bits per heavy atom. The molecule has 0 unspecified atom stereocenters. The number of hydrogen-bond donors (Lipinski definition) is 1. The second-order valence-electron chi connectivity index (χ2n) is 3.27. The second kappa shape index (κ2) is 6.09. The predicted octanol–water partition coefficient (Wildman–Crippen LogP) is 3.70. The van der Waals surface area contributed by atoms with Crippen molar-refractivity contribution in [2.45, 2.75) is 13.3 Å². The highest BCUT2D eigenvalue weighted by Crippen LogP contribution is 2.31. The van der Waals surface area contributed by atoms with Crippen LogP contribution in [0.1, 0.15) is 12.0 Å². The highest BCUT2D eigenvalue weighted by atomic mass is 35.5. The van der Waals surface area contributed by atoms with Gasteiger partial charge >= 0.3 is 0 Å². The van der Waals surface area contributed by atoms with Crippen molar-refractivity contribution in [2.75, 3.05) is 24.9 Å². The molecule has 0 radical (unpaired) electrons. The first-order valence-corrected chi connectivity index (χ1v) is 5.74. The van der Waals surface area contributed by atoms with Crippen LogP contribution in [-0.4, -0.2) is 19.5 Å². The van der Waals surface area contributed by atoms with Gasteiger partial charge in [-0.1, -0.05) is 11.6 Å². The molecule has 0 bridgehead atoms. The Bertz CT molecular complexity index is 329. The molecule has 0 saturated heterocycles. The average Bonchev–Trinajstić information content (AvgIpc) is 2.17. The van der Waals surface area contributed by atoms with Gasteiger partial charge in [-0.15, -0.1) is 11.6 Å².